The zero-order valence-corrected chi connectivity index (χ0v) is 11.4. The van der Waals surface area contributed by atoms with Gasteiger partial charge in [0.05, 0.1) is 6.61 Å². The van der Waals surface area contributed by atoms with Crippen molar-refractivity contribution in [2.24, 2.45) is 11.8 Å². The predicted molar refractivity (Wildman–Crippen MR) is 68.9 cm³/mol. The van der Waals surface area contributed by atoms with Gasteiger partial charge in [-0.25, -0.2) is 0 Å². The molecule has 0 radical (unpaired) electrons. The summed E-state index contributed by atoms with van der Waals surface area (Å²) in [6, 6.07) is 0. The lowest BCUT2D eigenvalue weighted by Gasteiger charge is -2.18. The van der Waals surface area contributed by atoms with Gasteiger partial charge in [-0.15, -0.1) is 0 Å². The molecule has 0 aromatic carbocycles. The first kappa shape index (κ1) is 14.5. The van der Waals surface area contributed by atoms with Gasteiger partial charge in [0, 0.05) is 33.2 Å². The molecule has 0 aromatic heterocycles. The highest BCUT2D eigenvalue weighted by Gasteiger charge is 2.30. The van der Waals surface area contributed by atoms with E-state index in [2.05, 4.69) is 19.2 Å². The Hall–Kier alpha value is -0.610. The number of hydrogen-bond acceptors (Lipinski definition) is 3. The molecule has 0 aromatic rings. The average Bonchev–Trinajstić information content (AvgIpc) is 2.65. The van der Waals surface area contributed by atoms with Crippen LogP contribution in [0, 0.1) is 11.8 Å². The molecule has 17 heavy (non-hydrogen) atoms. The van der Waals surface area contributed by atoms with Crippen LogP contribution in [0.3, 0.4) is 0 Å². The normalized spacial score (nSPS) is 20.6. The van der Waals surface area contributed by atoms with Gasteiger partial charge >= 0.3 is 0 Å². The maximum absolute atomic E-state index is 11.7. The van der Waals surface area contributed by atoms with E-state index in [0.29, 0.717) is 17.7 Å². The average molecular weight is 242 g/mol. The van der Waals surface area contributed by atoms with Crippen LogP contribution in [0.25, 0.3) is 0 Å². The molecule has 0 bridgehead atoms. The molecule has 1 unspecified atom stereocenters. The minimum atomic E-state index is 0.334. The fourth-order valence-electron chi connectivity index (χ4n) is 2.16. The van der Waals surface area contributed by atoms with Gasteiger partial charge in [-0.2, -0.15) is 0 Å². The maximum Gasteiger partial charge on any atom is 0.222 e. The Kier molecular flexibility index (Phi) is 6.52. The SMILES string of the molecule is COCCNCCCN1CC(C(C)C)CC1=O. The molecule has 4 nitrogen and oxygen atoms in total. The van der Waals surface area contributed by atoms with Crippen molar-refractivity contribution in [2.75, 3.05) is 39.9 Å². The van der Waals surface area contributed by atoms with Crippen molar-refractivity contribution >= 4 is 5.91 Å². The van der Waals surface area contributed by atoms with Crippen molar-refractivity contribution in [3.8, 4) is 0 Å². The maximum atomic E-state index is 11.7. The first-order valence-corrected chi connectivity index (χ1v) is 6.62. The molecule has 1 aliphatic rings. The Balaban J connectivity index is 2.09. The summed E-state index contributed by atoms with van der Waals surface area (Å²) in [6.45, 7) is 8.84. The van der Waals surface area contributed by atoms with Crippen LogP contribution in [0.15, 0.2) is 0 Å². The summed E-state index contributed by atoms with van der Waals surface area (Å²) in [5.74, 6) is 1.51. The van der Waals surface area contributed by atoms with Crippen molar-refractivity contribution < 1.29 is 9.53 Å². The fourth-order valence-corrected chi connectivity index (χ4v) is 2.16. The van der Waals surface area contributed by atoms with E-state index in [-0.39, 0.29) is 0 Å². The number of hydrogen-bond donors (Lipinski definition) is 1. The third kappa shape index (κ3) is 5.04. The minimum Gasteiger partial charge on any atom is -0.383 e. The van der Waals surface area contributed by atoms with Crippen LogP contribution in [0.1, 0.15) is 26.7 Å². The van der Waals surface area contributed by atoms with Crippen molar-refractivity contribution in [3.63, 3.8) is 0 Å². The molecule has 1 fully saturated rings. The second kappa shape index (κ2) is 7.67. The van der Waals surface area contributed by atoms with Crippen LogP contribution < -0.4 is 5.32 Å². The number of carbonyl (C=O) groups excluding carboxylic acids is 1. The van der Waals surface area contributed by atoms with E-state index >= 15 is 0 Å². The molecular weight excluding hydrogens is 216 g/mol. The zero-order chi connectivity index (χ0) is 12.7. The summed E-state index contributed by atoms with van der Waals surface area (Å²) >= 11 is 0. The summed E-state index contributed by atoms with van der Waals surface area (Å²) < 4.78 is 4.95. The second-order valence-electron chi connectivity index (χ2n) is 5.14. The van der Waals surface area contributed by atoms with Gasteiger partial charge < -0.3 is 15.0 Å². The Labute approximate surface area is 105 Å². The topological polar surface area (TPSA) is 41.6 Å². The largest absolute Gasteiger partial charge is 0.383 e. The number of amides is 1. The molecule has 1 heterocycles. The lowest BCUT2D eigenvalue weighted by molar-refractivity contribution is -0.127. The van der Waals surface area contributed by atoms with Crippen LogP contribution in [-0.2, 0) is 9.53 Å². The number of nitrogens with one attached hydrogen (secondary N) is 1. The molecule has 1 atom stereocenters. The summed E-state index contributed by atoms with van der Waals surface area (Å²) in [4.78, 5) is 13.8. The summed E-state index contributed by atoms with van der Waals surface area (Å²) in [5, 5.41) is 3.30. The van der Waals surface area contributed by atoms with Crippen LogP contribution in [0.4, 0.5) is 0 Å². The third-order valence-electron chi connectivity index (χ3n) is 3.45. The Morgan fingerprint density at radius 3 is 2.82 bits per heavy atom. The van der Waals surface area contributed by atoms with Gasteiger partial charge in [-0.05, 0) is 24.8 Å². The summed E-state index contributed by atoms with van der Waals surface area (Å²) in [7, 11) is 1.70. The van der Waals surface area contributed by atoms with Gasteiger partial charge in [0.15, 0.2) is 0 Å². The van der Waals surface area contributed by atoms with Crippen LogP contribution in [0.2, 0.25) is 0 Å². The van der Waals surface area contributed by atoms with Crippen molar-refractivity contribution in [1.29, 1.82) is 0 Å². The Morgan fingerprint density at radius 1 is 1.47 bits per heavy atom. The molecule has 1 amide bonds. The van der Waals surface area contributed by atoms with Gasteiger partial charge in [-0.1, -0.05) is 13.8 Å². The van der Waals surface area contributed by atoms with Crippen molar-refractivity contribution in [3.05, 3.63) is 0 Å². The molecule has 0 saturated carbocycles. The van der Waals surface area contributed by atoms with E-state index in [0.717, 1.165) is 45.6 Å². The lowest BCUT2D eigenvalue weighted by atomic mass is 9.95. The summed E-state index contributed by atoms with van der Waals surface area (Å²) in [6.07, 6.45) is 1.77. The molecule has 0 spiro atoms. The van der Waals surface area contributed by atoms with Crippen molar-refractivity contribution in [1.82, 2.24) is 10.2 Å². The minimum absolute atomic E-state index is 0.334. The molecule has 1 N–H and O–H groups in total. The van der Waals surface area contributed by atoms with E-state index in [1.807, 2.05) is 4.90 Å². The van der Waals surface area contributed by atoms with Crippen LogP contribution >= 0.6 is 0 Å². The molecule has 1 saturated heterocycles. The third-order valence-corrected chi connectivity index (χ3v) is 3.45. The van der Waals surface area contributed by atoms with E-state index in [4.69, 9.17) is 4.74 Å². The Bertz CT molecular complexity index is 231. The van der Waals surface area contributed by atoms with E-state index < -0.39 is 0 Å². The highest BCUT2D eigenvalue weighted by molar-refractivity contribution is 5.78. The van der Waals surface area contributed by atoms with Crippen LogP contribution in [-0.4, -0.2) is 50.7 Å². The molecule has 100 valence electrons. The smallest absolute Gasteiger partial charge is 0.222 e. The van der Waals surface area contributed by atoms with E-state index in [9.17, 15) is 4.79 Å². The fraction of sp³-hybridized carbons (Fsp3) is 0.923. The highest BCUT2D eigenvalue weighted by Crippen LogP contribution is 2.24. The van der Waals surface area contributed by atoms with Gasteiger partial charge in [0.1, 0.15) is 0 Å². The van der Waals surface area contributed by atoms with Crippen LogP contribution in [0.5, 0.6) is 0 Å². The number of methoxy groups -OCH3 is 1. The van der Waals surface area contributed by atoms with E-state index in [1.165, 1.54) is 0 Å². The van der Waals surface area contributed by atoms with E-state index in [1.54, 1.807) is 7.11 Å². The number of nitrogens with zero attached hydrogens (tertiary/aromatic N) is 1. The number of carbonyl (C=O) groups is 1. The number of likely N-dealkylation sites (tertiary alicyclic amines) is 1. The number of ether oxygens (including phenoxy) is 1. The van der Waals surface area contributed by atoms with Gasteiger partial charge in [0.2, 0.25) is 5.91 Å². The molecule has 0 aliphatic carbocycles. The monoisotopic (exact) mass is 242 g/mol. The predicted octanol–water partition coefficient (Wildman–Crippen LogP) is 1.12. The van der Waals surface area contributed by atoms with Gasteiger partial charge in [0.25, 0.3) is 0 Å². The van der Waals surface area contributed by atoms with Gasteiger partial charge in [-0.3, -0.25) is 4.79 Å². The second-order valence-corrected chi connectivity index (χ2v) is 5.14. The quantitative estimate of drug-likeness (QED) is 0.648. The lowest BCUT2D eigenvalue weighted by Crippen LogP contribution is -2.30. The molecule has 4 heteroatoms. The first-order valence-electron chi connectivity index (χ1n) is 6.62. The standard InChI is InChI=1S/C13H26N2O2/c1-11(2)12-9-13(16)15(10-12)7-4-5-14-6-8-17-3/h11-12,14H,4-10H2,1-3H3. The van der Waals surface area contributed by atoms with Crippen molar-refractivity contribution in [2.45, 2.75) is 26.7 Å². The highest BCUT2D eigenvalue weighted by atomic mass is 16.5. The first-order chi connectivity index (χ1) is 8.15. The molecular formula is C13H26N2O2. The molecule has 1 aliphatic heterocycles. The number of rotatable bonds is 8. The Morgan fingerprint density at radius 2 is 2.24 bits per heavy atom. The summed E-state index contributed by atoms with van der Waals surface area (Å²) in [5.41, 5.74) is 0. The zero-order valence-electron chi connectivity index (χ0n) is 11.4. The molecule has 1 rings (SSSR count).